The molecule has 0 saturated heterocycles. The van der Waals surface area contributed by atoms with Crippen LogP contribution in [0.4, 0.5) is 16.2 Å². The summed E-state index contributed by atoms with van der Waals surface area (Å²) in [4.78, 5) is 36.7. The van der Waals surface area contributed by atoms with Crippen molar-refractivity contribution in [1.82, 2.24) is 14.5 Å². The number of benzene rings is 2. The van der Waals surface area contributed by atoms with Crippen molar-refractivity contribution < 1.29 is 14.3 Å². The van der Waals surface area contributed by atoms with Gasteiger partial charge >= 0.3 is 6.03 Å². The smallest absolute Gasteiger partial charge is 0.323 e. The van der Waals surface area contributed by atoms with Crippen molar-refractivity contribution in [3.8, 4) is 16.9 Å². The van der Waals surface area contributed by atoms with Crippen LogP contribution >= 0.6 is 0 Å². The molecule has 2 aromatic carbocycles. The van der Waals surface area contributed by atoms with Gasteiger partial charge in [0.05, 0.1) is 20.3 Å². The number of carbonyl (C=O) groups excluding carboxylic acids is 1. The molecule has 9 heteroatoms. The molecule has 0 bridgehead atoms. The number of nitrogens with zero attached hydrogens (tertiary/aromatic N) is 3. The topological polar surface area (TPSA) is 107 Å². The molecule has 9 nitrogen and oxygen atoms in total. The summed E-state index contributed by atoms with van der Waals surface area (Å²) in [6.07, 6.45) is 6.85. The third-order valence-corrected chi connectivity index (χ3v) is 7.78. The van der Waals surface area contributed by atoms with Crippen LogP contribution in [0, 0.1) is 0 Å². The predicted octanol–water partition coefficient (Wildman–Crippen LogP) is 7.93. The molecule has 2 amide bonds. The lowest BCUT2D eigenvalue weighted by molar-refractivity contribution is 0.107. The lowest BCUT2D eigenvalue weighted by Gasteiger charge is -2.24. The summed E-state index contributed by atoms with van der Waals surface area (Å²) in [6, 6.07) is 20.5. The minimum absolute atomic E-state index is 0.177. The summed E-state index contributed by atoms with van der Waals surface area (Å²) in [5.74, 6) is 0.637. The van der Waals surface area contributed by atoms with Crippen LogP contribution in [-0.4, -0.2) is 27.7 Å². The molecule has 46 heavy (non-hydrogen) atoms. The molecule has 5 rings (SSSR count). The maximum Gasteiger partial charge on any atom is 0.323 e. The van der Waals surface area contributed by atoms with Crippen LogP contribution in [0.15, 0.2) is 90.1 Å². The number of anilines is 2. The van der Waals surface area contributed by atoms with E-state index in [0.717, 1.165) is 40.5 Å². The second-order valence-electron chi connectivity index (χ2n) is 12.2. The van der Waals surface area contributed by atoms with E-state index in [0.29, 0.717) is 42.4 Å². The Hall–Kier alpha value is -5.02. The number of pyridine rings is 3. The van der Waals surface area contributed by atoms with Gasteiger partial charge in [0.25, 0.3) is 5.56 Å². The highest BCUT2D eigenvalue weighted by atomic mass is 16.5. The van der Waals surface area contributed by atoms with E-state index in [9.17, 15) is 9.59 Å². The average Bonchev–Trinajstić information content (AvgIpc) is 3.05. The van der Waals surface area contributed by atoms with Gasteiger partial charge in [-0.25, -0.2) is 9.78 Å². The van der Waals surface area contributed by atoms with E-state index in [-0.39, 0.29) is 16.7 Å². The fourth-order valence-electron chi connectivity index (χ4n) is 5.47. The molecule has 0 atom stereocenters. The van der Waals surface area contributed by atoms with Gasteiger partial charge in [-0.05, 0) is 76.6 Å². The molecule has 0 fully saturated rings. The highest BCUT2D eigenvalue weighted by molar-refractivity contribution is 6.07. The first-order valence-corrected chi connectivity index (χ1v) is 15.5. The number of urea groups is 1. The fraction of sp³-hybridized carbons (Fsp3) is 0.297. The first-order valence-electron chi connectivity index (χ1n) is 15.5. The molecule has 0 aliphatic carbocycles. The second-order valence-corrected chi connectivity index (χ2v) is 12.2. The number of fused-ring (bicyclic) bond motifs is 1. The van der Waals surface area contributed by atoms with E-state index in [1.165, 1.54) is 0 Å². The zero-order valence-electron chi connectivity index (χ0n) is 27.1. The molecule has 238 valence electrons. The first-order chi connectivity index (χ1) is 22.2. The molecule has 0 spiro atoms. The molecule has 5 aromatic rings. The molecule has 2 N–H and O–H groups in total. The van der Waals surface area contributed by atoms with Gasteiger partial charge in [0.1, 0.15) is 17.1 Å². The van der Waals surface area contributed by atoms with E-state index >= 15 is 0 Å². The molecular weight excluding hydrogens is 578 g/mol. The van der Waals surface area contributed by atoms with Crippen molar-refractivity contribution >= 4 is 28.4 Å². The summed E-state index contributed by atoms with van der Waals surface area (Å²) in [5.41, 5.74) is 5.03. The van der Waals surface area contributed by atoms with Gasteiger partial charge in [-0.15, -0.1) is 0 Å². The van der Waals surface area contributed by atoms with Gasteiger partial charge in [-0.1, -0.05) is 58.4 Å². The Morgan fingerprint density at radius 1 is 0.913 bits per heavy atom. The molecule has 0 aliphatic rings. The molecular formula is C37H41N5O4. The van der Waals surface area contributed by atoms with Crippen LogP contribution < -0.4 is 20.9 Å². The van der Waals surface area contributed by atoms with Gasteiger partial charge in [0, 0.05) is 41.8 Å². The van der Waals surface area contributed by atoms with E-state index in [1.54, 1.807) is 30.3 Å². The van der Waals surface area contributed by atoms with E-state index in [1.807, 2.05) is 66.7 Å². The molecule has 0 saturated carbocycles. The Kier molecular flexibility index (Phi) is 10.1. The number of nitrogens with one attached hydrogen (secondary N) is 2. The summed E-state index contributed by atoms with van der Waals surface area (Å²) >= 11 is 0. The SMILES string of the molecule is CCCCn1c(=O)c(NC(=O)Nc2cc(COCc3ccncc3)ccc2C(C)(C)C)c(-c2cccc(OC)c2)c2cccnc21. The third kappa shape index (κ3) is 7.43. The van der Waals surface area contributed by atoms with Crippen molar-refractivity contribution in [3.63, 3.8) is 0 Å². The van der Waals surface area contributed by atoms with Crippen molar-refractivity contribution in [2.24, 2.45) is 0 Å². The zero-order valence-corrected chi connectivity index (χ0v) is 27.1. The Bertz CT molecular complexity index is 1880. The van der Waals surface area contributed by atoms with Crippen LogP contribution in [0.2, 0.25) is 0 Å². The number of rotatable bonds is 11. The van der Waals surface area contributed by atoms with Crippen molar-refractivity contribution in [1.29, 1.82) is 0 Å². The number of carbonyl (C=O) groups is 1. The maximum absolute atomic E-state index is 14.2. The van der Waals surface area contributed by atoms with Crippen LogP contribution in [0.3, 0.4) is 0 Å². The number of aromatic nitrogens is 3. The number of aryl methyl sites for hydroxylation is 1. The number of methoxy groups -OCH3 is 1. The highest BCUT2D eigenvalue weighted by Crippen LogP contribution is 2.35. The molecule has 0 radical (unpaired) electrons. The number of amides is 2. The Balaban J connectivity index is 1.52. The Labute approximate surface area is 269 Å². The van der Waals surface area contributed by atoms with Crippen molar-refractivity contribution in [3.05, 3.63) is 112 Å². The first kappa shape index (κ1) is 32.4. The number of ether oxygens (including phenoxy) is 2. The molecule has 0 unspecified atom stereocenters. The molecule has 3 heterocycles. The summed E-state index contributed by atoms with van der Waals surface area (Å²) < 4.78 is 13.1. The van der Waals surface area contributed by atoms with Gasteiger partial charge in [0.2, 0.25) is 0 Å². The van der Waals surface area contributed by atoms with E-state index < -0.39 is 6.03 Å². The van der Waals surface area contributed by atoms with Crippen molar-refractivity contribution in [2.75, 3.05) is 17.7 Å². The predicted molar refractivity (Wildman–Crippen MR) is 183 cm³/mol. The highest BCUT2D eigenvalue weighted by Gasteiger charge is 2.23. The molecule has 0 aliphatic heterocycles. The van der Waals surface area contributed by atoms with E-state index in [2.05, 4.69) is 48.3 Å². The minimum Gasteiger partial charge on any atom is -0.497 e. The summed E-state index contributed by atoms with van der Waals surface area (Å²) in [7, 11) is 1.60. The maximum atomic E-state index is 14.2. The summed E-state index contributed by atoms with van der Waals surface area (Å²) in [6.45, 7) is 9.64. The number of hydrogen-bond acceptors (Lipinski definition) is 6. The quantitative estimate of drug-likeness (QED) is 0.156. The monoisotopic (exact) mass is 619 g/mol. The van der Waals surface area contributed by atoms with Crippen LogP contribution in [0.5, 0.6) is 5.75 Å². The fourth-order valence-corrected chi connectivity index (χ4v) is 5.47. The van der Waals surface area contributed by atoms with Gasteiger partial charge in [0.15, 0.2) is 0 Å². The Morgan fingerprint density at radius 3 is 2.43 bits per heavy atom. The number of unbranched alkanes of at least 4 members (excludes halogenated alkanes) is 1. The van der Waals surface area contributed by atoms with Crippen molar-refractivity contribution in [2.45, 2.75) is 65.7 Å². The largest absolute Gasteiger partial charge is 0.497 e. The minimum atomic E-state index is -0.521. The average molecular weight is 620 g/mol. The van der Waals surface area contributed by atoms with E-state index in [4.69, 9.17) is 9.47 Å². The number of hydrogen-bond donors (Lipinski definition) is 2. The second kappa shape index (κ2) is 14.4. The van der Waals surface area contributed by atoms with Gasteiger partial charge in [-0.2, -0.15) is 0 Å². The summed E-state index contributed by atoms with van der Waals surface area (Å²) in [5, 5.41) is 6.75. The third-order valence-electron chi connectivity index (χ3n) is 7.78. The molecule has 3 aromatic heterocycles. The normalized spacial score (nSPS) is 11.4. The lowest BCUT2D eigenvalue weighted by Crippen LogP contribution is -2.30. The van der Waals surface area contributed by atoms with Gasteiger partial charge in [-0.3, -0.25) is 14.3 Å². The van der Waals surface area contributed by atoms with Gasteiger partial charge < -0.3 is 20.1 Å². The lowest BCUT2D eigenvalue weighted by atomic mass is 9.85. The van der Waals surface area contributed by atoms with Crippen LogP contribution in [0.1, 0.15) is 57.2 Å². The van der Waals surface area contributed by atoms with Crippen LogP contribution in [-0.2, 0) is 29.9 Å². The Morgan fingerprint density at radius 2 is 1.70 bits per heavy atom. The van der Waals surface area contributed by atoms with Crippen LogP contribution in [0.25, 0.3) is 22.2 Å². The standard InChI is InChI=1S/C37H41N5O4/c1-6-7-20-42-34-29(12-9-17-39-34)32(27-10-8-11-28(22-27)45-5)33(35(42)43)41-36(44)40-31-21-26(13-14-30(31)37(2,3)4)24-46-23-25-15-18-38-19-16-25/h8-19,21-22H,6-7,20,23-24H2,1-5H3,(H2,40,41,44). The zero-order chi connectivity index (χ0) is 32.7.